The molecule has 0 saturated heterocycles. The van der Waals surface area contributed by atoms with Crippen molar-refractivity contribution in [3.8, 4) is 17.2 Å². The number of hydrogen-bond acceptors (Lipinski definition) is 7. The van der Waals surface area contributed by atoms with Crippen LogP contribution >= 0.6 is 0 Å². The Balaban J connectivity index is 1.51. The number of aryl methyl sites for hydroxylation is 1. The average Bonchev–Trinajstić information content (AvgIpc) is 3.36. The monoisotopic (exact) mass is 540 g/mol. The number of amidine groups is 2. The second-order valence-corrected chi connectivity index (χ2v) is 9.83. The van der Waals surface area contributed by atoms with E-state index in [4.69, 9.17) is 24.6 Å². The Bertz CT molecular complexity index is 1810. The van der Waals surface area contributed by atoms with Gasteiger partial charge in [-0.3, -0.25) is 0 Å². The SMILES string of the molecule is COc1ccc(C2c3c(C)nn(-c4ccccc4)c3N=C3C(Nc4ccccc4)=Nc4ccccc4N32)cc1OC. The van der Waals surface area contributed by atoms with Gasteiger partial charge in [0.05, 0.1) is 43.0 Å². The van der Waals surface area contributed by atoms with Gasteiger partial charge in [-0.25, -0.2) is 14.7 Å². The molecular formula is C33H28N6O2. The molecule has 3 heterocycles. The predicted molar refractivity (Wildman–Crippen MR) is 163 cm³/mol. The van der Waals surface area contributed by atoms with Crippen LogP contribution in [0.3, 0.4) is 0 Å². The number of methoxy groups -OCH3 is 2. The van der Waals surface area contributed by atoms with Gasteiger partial charge in [0.1, 0.15) is 0 Å². The summed E-state index contributed by atoms with van der Waals surface area (Å²) in [5, 5.41) is 8.54. The number of para-hydroxylation sites is 4. The van der Waals surface area contributed by atoms with E-state index in [0.29, 0.717) is 23.2 Å². The molecule has 7 rings (SSSR count). The fourth-order valence-electron chi connectivity index (χ4n) is 5.54. The predicted octanol–water partition coefficient (Wildman–Crippen LogP) is 6.99. The van der Waals surface area contributed by atoms with Gasteiger partial charge in [0.2, 0.25) is 0 Å². The molecule has 2 aliphatic rings. The molecule has 0 radical (unpaired) electrons. The zero-order valence-corrected chi connectivity index (χ0v) is 22.9. The minimum Gasteiger partial charge on any atom is -0.493 e. The van der Waals surface area contributed by atoms with Gasteiger partial charge >= 0.3 is 0 Å². The van der Waals surface area contributed by atoms with Crippen LogP contribution in [-0.4, -0.2) is 35.7 Å². The maximum absolute atomic E-state index is 5.74. The average molecular weight is 541 g/mol. The molecular weight excluding hydrogens is 512 g/mol. The molecule has 1 atom stereocenters. The summed E-state index contributed by atoms with van der Waals surface area (Å²) in [5.74, 6) is 3.46. The minimum absolute atomic E-state index is 0.265. The van der Waals surface area contributed by atoms with Crippen LogP contribution in [0.2, 0.25) is 0 Å². The van der Waals surface area contributed by atoms with Crippen LogP contribution in [0.5, 0.6) is 11.5 Å². The number of rotatable bonds is 5. The number of aromatic nitrogens is 2. The number of aliphatic imine (C=N–C) groups is 2. The van der Waals surface area contributed by atoms with Crippen LogP contribution in [0.1, 0.15) is 22.9 Å². The van der Waals surface area contributed by atoms with E-state index in [9.17, 15) is 0 Å². The number of ether oxygens (including phenoxy) is 2. The van der Waals surface area contributed by atoms with E-state index in [0.717, 1.165) is 45.4 Å². The van der Waals surface area contributed by atoms with Crippen molar-refractivity contribution in [2.24, 2.45) is 9.98 Å². The molecule has 1 aromatic heterocycles. The Hall–Kier alpha value is -5.37. The highest BCUT2D eigenvalue weighted by Crippen LogP contribution is 2.49. The zero-order chi connectivity index (χ0) is 27.9. The summed E-state index contributed by atoms with van der Waals surface area (Å²) < 4.78 is 13.2. The summed E-state index contributed by atoms with van der Waals surface area (Å²) in [6.07, 6.45) is 0. The van der Waals surface area contributed by atoms with Crippen LogP contribution in [0.25, 0.3) is 5.69 Å². The highest BCUT2D eigenvalue weighted by atomic mass is 16.5. The van der Waals surface area contributed by atoms with E-state index < -0.39 is 0 Å². The van der Waals surface area contributed by atoms with Crippen molar-refractivity contribution in [3.05, 3.63) is 120 Å². The molecule has 0 amide bonds. The van der Waals surface area contributed by atoms with Gasteiger partial charge in [-0.1, -0.05) is 54.6 Å². The zero-order valence-electron chi connectivity index (χ0n) is 22.9. The van der Waals surface area contributed by atoms with Crippen molar-refractivity contribution in [1.82, 2.24) is 9.78 Å². The number of anilines is 2. The molecule has 0 spiro atoms. The lowest BCUT2D eigenvalue weighted by Gasteiger charge is -2.40. The third kappa shape index (κ3) is 4.12. The second-order valence-electron chi connectivity index (χ2n) is 9.83. The van der Waals surface area contributed by atoms with Gasteiger partial charge in [-0.2, -0.15) is 5.10 Å². The Kier molecular flexibility index (Phi) is 6.00. The van der Waals surface area contributed by atoms with Crippen molar-refractivity contribution in [1.29, 1.82) is 0 Å². The van der Waals surface area contributed by atoms with Gasteiger partial charge in [-0.15, -0.1) is 0 Å². The summed E-state index contributed by atoms with van der Waals surface area (Å²) in [7, 11) is 3.30. The first kappa shape index (κ1) is 24.7. The van der Waals surface area contributed by atoms with Crippen molar-refractivity contribution < 1.29 is 9.47 Å². The van der Waals surface area contributed by atoms with Gasteiger partial charge in [0.25, 0.3) is 0 Å². The standard InChI is InChI=1S/C33H28N6O2/c1-21-29-30(22-18-19-27(40-2)28(20-22)41-3)38-26-17-11-10-16-25(26)35-31(34-23-12-6-4-7-13-23)33(38)36-32(29)39(37-21)24-14-8-5-9-15-24/h4-20,30H,1-3H3,(H,34,35). The number of hydrogen-bond donors (Lipinski definition) is 1. The lowest BCUT2D eigenvalue weighted by atomic mass is 9.93. The Morgan fingerprint density at radius 1 is 0.756 bits per heavy atom. The highest BCUT2D eigenvalue weighted by molar-refractivity contribution is 6.51. The smallest absolute Gasteiger partial charge is 0.179 e. The largest absolute Gasteiger partial charge is 0.493 e. The molecule has 1 N–H and O–H groups in total. The van der Waals surface area contributed by atoms with Crippen molar-refractivity contribution in [2.45, 2.75) is 13.0 Å². The van der Waals surface area contributed by atoms with Crippen LogP contribution in [-0.2, 0) is 0 Å². The summed E-state index contributed by atoms with van der Waals surface area (Å²) in [6, 6.07) is 34.1. The summed E-state index contributed by atoms with van der Waals surface area (Å²) in [6.45, 7) is 2.04. The van der Waals surface area contributed by atoms with Crippen molar-refractivity contribution >= 4 is 34.6 Å². The molecule has 202 valence electrons. The molecule has 0 saturated carbocycles. The molecule has 8 nitrogen and oxygen atoms in total. The molecule has 1 unspecified atom stereocenters. The normalized spacial score (nSPS) is 15.2. The third-order valence-corrected chi connectivity index (χ3v) is 7.40. The van der Waals surface area contributed by atoms with Gasteiger partial charge in [-0.05, 0) is 61.0 Å². The van der Waals surface area contributed by atoms with Crippen molar-refractivity contribution in [3.63, 3.8) is 0 Å². The molecule has 5 aromatic rings. The number of fused-ring (bicyclic) bond motifs is 4. The maximum atomic E-state index is 5.74. The first-order valence-corrected chi connectivity index (χ1v) is 13.4. The Morgan fingerprint density at radius 3 is 2.22 bits per heavy atom. The van der Waals surface area contributed by atoms with E-state index in [1.807, 2.05) is 103 Å². The van der Waals surface area contributed by atoms with E-state index >= 15 is 0 Å². The van der Waals surface area contributed by atoms with Gasteiger partial charge < -0.3 is 19.7 Å². The van der Waals surface area contributed by atoms with Gasteiger partial charge in [0, 0.05) is 11.3 Å². The van der Waals surface area contributed by atoms with Crippen molar-refractivity contribution in [2.75, 3.05) is 24.4 Å². The van der Waals surface area contributed by atoms with Crippen LogP contribution in [0.4, 0.5) is 22.9 Å². The summed E-state index contributed by atoms with van der Waals surface area (Å²) in [4.78, 5) is 12.6. The quantitative estimate of drug-likeness (QED) is 0.260. The molecule has 4 aromatic carbocycles. The molecule has 2 aliphatic heterocycles. The summed E-state index contributed by atoms with van der Waals surface area (Å²) in [5.41, 5.74) is 6.60. The fourth-order valence-corrected chi connectivity index (χ4v) is 5.54. The number of nitrogens with one attached hydrogen (secondary N) is 1. The molecule has 0 aliphatic carbocycles. The van der Waals surface area contributed by atoms with Gasteiger partial charge in [0.15, 0.2) is 29.0 Å². The van der Waals surface area contributed by atoms with Crippen LogP contribution < -0.4 is 19.7 Å². The minimum atomic E-state index is -0.265. The molecule has 0 fully saturated rings. The number of nitrogens with zero attached hydrogens (tertiary/aromatic N) is 5. The highest BCUT2D eigenvalue weighted by Gasteiger charge is 2.41. The molecule has 41 heavy (non-hydrogen) atoms. The molecule has 8 heteroatoms. The molecule has 0 bridgehead atoms. The fraction of sp³-hybridized carbons (Fsp3) is 0.121. The third-order valence-electron chi connectivity index (χ3n) is 7.40. The Labute approximate surface area is 238 Å². The number of benzene rings is 4. The first-order chi connectivity index (χ1) is 20.2. The van der Waals surface area contributed by atoms with E-state index in [2.05, 4.69) is 22.3 Å². The lowest BCUT2D eigenvalue weighted by Crippen LogP contribution is -2.46. The topological polar surface area (TPSA) is 76.3 Å². The van der Waals surface area contributed by atoms with Crippen LogP contribution in [0, 0.1) is 6.92 Å². The van der Waals surface area contributed by atoms with E-state index in [1.54, 1.807) is 14.2 Å². The maximum Gasteiger partial charge on any atom is 0.179 e. The summed E-state index contributed by atoms with van der Waals surface area (Å²) >= 11 is 0. The second kappa shape index (κ2) is 9.98. The van der Waals surface area contributed by atoms with E-state index in [-0.39, 0.29) is 6.04 Å². The first-order valence-electron chi connectivity index (χ1n) is 13.4. The van der Waals surface area contributed by atoms with Crippen LogP contribution in [0.15, 0.2) is 113 Å². The Morgan fingerprint density at radius 2 is 1.46 bits per heavy atom. The lowest BCUT2D eigenvalue weighted by molar-refractivity contribution is 0.354. The van der Waals surface area contributed by atoms with E-state index in [1.165, 1.54) is 0 Å².